The van der Waals surface area contributed by atoms with E-state index >= 15 is 0 Å². The number of fused-ring (bicyclic) bond motifs is 3. The van der Waals surface area contributed by atoms with Gasteiger partial charge in [-0.1, -0.05) is 29.8 Å². The first kappa shape index (κ1) is 18.5. The molecule has 7 nitrogen and oxygen atoms in total. The number of para-hydroxylation sites is 1. The number of H-pyrrole nitrogens is 1. The van der Waals surface area contributed by atoms with E-state index in [1.54, 1.807) is 31.2 Å². The van der Waals surface area contributed by atoms with Crippen molar-refractivity contribution in [3.63, 3.8) is 0 Å². The van der Waals surface area contributed by atoms with Gasteiger partial charge in [-0.15, -0.1) is 0 Å². The lowest BCUT2D eigenvalue weighted by Crippen LogP contribution is -2.33. The summed E-state index contributed by atoms with van der Waals surface area (Å²) in [6, 6.07) is 13.0. The van der Waals surface area contributed by atoms with Crippen LogP contribution in [0, 0.1) is 0 Å². The van der Waals surface area contributed by atoms with Crippen molar-refractivity contribution < 1.29 is 17.9 Å². The van der Waals surface area contributed by atoms with Crippen molar-refractivity contribution in [3.05, 3.63) is 64.8 Å². The van der Waals surface area contributed by atoms with Gasteiger partial charge >= 0.3 is 5.97 Å². The molecule has 1 aromatic heterocycles. The molecule has 28 heavy (non-hydrogen) atoms. The summed E-state index contributed by atoms with van der Waals surface area (Å²) >= 11 is 5.89. The molecule has 144 valence electrons. The summed E-state index contributed by atoms with van der Waals surface area (Å²) in [5, 5.41) is 7.38. The van der Waals surface area contributed by atoms with Crippen molar-refractivity contribution in [3.8, 4) is 11.3 Å². The molecule has 2 heterocycles. The number of aromatic nitrogens is 2. The largest absolute Gasteiger partial charge is 0.461 e. The molecule has 3 aromatic rings. The number of esters is 1. The first-order chi connectivity index (χ1) is 13.4. The van der Waals surface area contributed by atoms with E-state index < -0.39 is 16.0 Å². The molecule has 0 aliphatic carbocycles. The second-order valence-corrected chi connectivity index (χ2v) is 8.43. The van der Waals surface area contributed by atoms with Gasteiger partial charge in [0.2, 0.25) is 0 Å². The summed E-state index contributed by atoms with van der Waals surface area (Å²) in [6.07, 6.45) is 0. The number of carbonyl (C=O) groups is 1. The van der Waals surface area contributed by atoms with Crippen LogP contribution in [0.4, 0.5) is 5.69 Å². The molecular weight excluding hydrogens is 402 g/mol. The minimum absolute atomic E-state index is 0.0397. The van der Waals surface area contributed by atoms with Gasteiger partial charge in [0.15, 0.2) is 0 Å². The fourth-order valence-corrected chi connectivity index (χ4v) is 4.76. The predicted octanol–water partition coefficient (Wildman–Crippen LogP) is 3.62. The number of benzene rings is 2. The molecule has 0 spiro atoms. The van der Waals surface area contributed by atoms with Gasteiger partial charge in [0.1, 0.15) is 11.4 Å². The molecule has 1 N–H and O–H groups in total. The number of sulfonamides is 1. The van der Waals surface area contributed by atoms with E-state index in [0.29, 0.717) is 27.5 Å². The molecule has 2 aromatic carbocycles. The number of halogens is 1. The van der Waals surface area contributed by atoms with Gasteiger partial charge in [0.25, 0.3) is 10.0 Å². The van der Waals surface area contributed by atoms with Crippen LogP contribution in [0.25, 0.3) is 11.3 Å². The Morgan fingerprint density at radius 2 is 1.93 bits per heavy atom. The maximum absolute atomic E-state index is 13.3. The molecule has 0 bridgehead atoms. The highest BCUT2D eigenvalue weighted by atomic mass is 35.5. The smallest absolute Gasteiger partial charge is 0.356 e. The second kappa shape index (κ2) is 6.96. The normalized spacial score (nSPS) is 13.0. The summed E-state index contributed by atoms with van der Waals surface area (Å²) in [6.45, 7) is 1.87. The molecule has 0 fully saturated rings. The topological polar surface area (TPSA) is 92.4 Å². The van der Waals surface area contributed by atoms with Crippen LogP contribution in [0.5, 0.6) is 0 Å². The van der Waals surface area contributed by atoms with Gasteiger partial charge in [0.05, 0.1) is 23.7 Å². The number of hydrogen-bond donors (Lipinski definition) is 1. The van der Waals surface area contributed by atoms with E-state index in [0.717, 1.165) is 0 Å². The second-order valence-electron chi connectivity index (χ2n) is 6.13. The third-order valence-electron chi connectivity index (χ3n) is 4.48. The van der Waals surface area contributed by atoms with Crippen LogP contribution >= 0.6 is 11.6 Å². The Labute approximate surface area is 166 Å². The number of aromatic amines is 1. The van der Waals surface area contributed by atoms with Crippen molar-refractivity contribution >= 4 is 33.3 Å². The van der Waals surface area contributed by atoms with Crippen molar-refractivity contribution in [2.45, 2.75) is 18.4 Å². The van der Waals surface area contributed by atoms with Gasteiger partial charge in [-0.25, -0.2) is 13.2 Å². The van der Waals surface area contributed by atoms with E-state index in [1.807, 2.05) is 0 Å². The average molecular weight is 418 g/mol. The van der Waals surface area contributed by atoms with Crippen LogP contribution in [0.1, 0.15) is 23.0 Å². The lowest BCUT2D eigenvalue weighted by atomic mass is 10.00. The Kier molecular flexibility index (Phi) is 4.60. The molecule has 4 rings (SSSR count). The van der Waals surface area contributed by atoms with Crippen molar-refractivity contribution in [1.29, 1.82) is 0 Å². The highest BCUT2D eigenvalue weighted by molar-refractivity contribution is 7.92. The highest BCUT2D eigenvalue weighted by Crippen LogP contribution is 2.41. The Bertz CT molecular complexity index is 1160. The fraction of sp³-hybridized carbons (Fsp3) is 0.158. The lowest BCUT2D eigenvalue weighted by molar-refractivity contribution is 0.0518. The standard InChI is InChI=1S/C19H16ClN3O4S/c1-2-27-19(24)18-15-11-23(28(25,26)13-9-7-12(20)8-10-13)16-6-4-3-5-14(16)17(15)21-22-18/h3-10H,2,11H2,1H3,(H,21,22). The summed E-state index contributed by atoms with van der Waals surface area (Å²) in [7, 11) is -3.89. The minimum atomic E-state index is -3.89. The quantitative estimate of drug-likeness (QED) is 0.654. The molecule has 0 amide bonds. The van der Waals surface area contributed by atoms with Gasteiger partial charge in [-0.05, 0) is 37.3 Å². The van der Waals surface area contributed by atoms with Crippen molar-refractivity contribution in [2.75, 3.05) is 10.9 Å². The van der Waals surface area contributed by atoms with Crippen molar-refractivity contribution in [1.82, 2.24) is 10.2 Å². The molecule has 9 heteroatoms. The fourth-order valence-electron chi connectivity index (χ4n) is 3.18. The molecule has 0 radical (unpaired) electrons. The van der Waals surface area contributed by atoms with Crippen LogP contribution in [-0.2, 0) is 21.3 Å². The summed E-state index contributed by atoms with van der Waals surface area (Å²) in [5.41, 5.74) is 2.29. The maximum atomic E-state index is 13.3. The van der Waals surface area contributed by atoms with Gasteiger partial charge in [0, 0.05) is 16.1 Å². The number of hydrogen-bond acceptors (Lipinski definition) is 5. The molecule has 0 unspecified atom stereocenters. The first-order valence-corrected chi connectivity index (χ1v) is 10.4. The number of carbonyl (C=O) groups excluding carboxylic acids is 1. The Morgan fingerprint density at radius 3 is 2.64 bits per heavy atom. The van der Waals surface area contributed by atoms with E-state index in [-0.39, 0.29) is 23.7 Å². The Balaban J connectivity index is 1.86. The van der Waals surface area contributed by atoms with E-state index in [4.69, 9.17) is 16.3 Å². The number of nitrogens with one attached hydrogen (secondary N) is 1. The third-order valence-corrected chi connectivity index (χ3v) is 6.50. The van der Waals surface area contributed by atoms with Crippen LogP contribution in [-0.4, -0.2) is 31.2 Å². The van der Waals surface area contributed by atoms with Crippen molar-refractivity contribution in [2.24, 2.45) is 0 Å². The van der Waals surface area contributed by atoms with E-state index in [1.165, 1.54) is 28.6 Å². The summed E-state index contributed by atoms with van der Waals surface area (Å²) in [5.74, 6) is -0.570. The molecule has 0 saturated carbocycles. The van der Waals surface area contributed by atoms with E-state index in [2.05, 4.69) is 10.2 Å². The third kappa shape index (κ3) is 2.94. The summed E-state index contributed by atoms with van der Waals surface area (Å²) < 4.78 is 33.0. The van der Waals surface area contributed by atoms with Gasteiger partial charge < -0.3 is 4.74 Å². The van der Waals surface area contributed by atoms with Crippen LogP contribution in [0.2, 0.25) is 5.02 Å². The lowest BCUT2D eigenvalue weighted by Gasteiger charge is -2.30. The van der Waals surface area contributed by atoms with Gasteiger partial charge in [-0.3, -0.25) is 9.40 Å². The Morgan fingerprint density at radius 1 is 1.21 bits per heavy atom. The first-order valence-electron chi connectivity index (χ1n) is 8.55. The number of rotatable bonds is 4. The SMILES string of the molecule is CCOC(=O)c1[nH]nc2c1CN(S(=O)(=O)c1ccc(Cl)cc1)c1ccccc1-2. The number of anilines is 1. The monoisotopic (exact) mass is 417 g/mol. The average Bonchev–Trinajstić information content (AvgIpc) is 3.12. The number of ether oxygens (including phenoxy) is 1. The zero-order valence-corrected chi connectivity index (χ0v) is 16.4. The van der Waals surface area contributed by atoms with Crippen LogP contribution in [0.3, 0.4) is 0 Å². The van der Waals surface area contributed by atoms with Crippen LogP contribution < -0.4 is 4.31 Å². The zero-order chi connectivity index (χ0) is 19.9. The zero-order valence-electron chi connectivity index (χ0n) is 14.8. The molecule has 0 saturated heterocycles. The highest BCUT2D eigenvalue weighted by Gasteiger charge is 2.35. The number of nitrogens with zero attached hydrogens (tertiary/aromatic N) is 2. The van der Waals surface area contributed by atoms with Crippen LogP contribution in [0.15, 0.2) is 53.4 Å². The minimum Gasteiger partial charge on any atom is -0.461 e. The molecule has 0 atom stereocenters. The molecular formula is C19H16ClN3O4S. The summed E-state index contributed by atoms with van der Waals surface area (Å²) in [4.78, 5) is 12.4. The predicted molar refractivity (Wildman–Crippen MR) is 105 cm³/mol. The molecule has 1 aliphatic heterocycles. The maximum Gasteiger partial charge on any atom is 0.356 e. The van der Waals surface area contributed by atoms with E-state index in [9.17, 15) is 13.2 Å². The van der Waals surface area contributed by atoms with Gasteiger partial charge in [-0.2, -0.15) is 5.10 Å². The Hall–Kier alpha value is -2.84. The molecule has 1 aliphatic rings.